The second-order valence-electron chi connectivity index (χ2n) is 7.33. The Morgan fingerprint density at radius 1 is 1.21 bits per heavy atom. The maximum atomic E-state index is 10.1. The summed E-state index contributed by atoms with van der Waals surface area (Å²) >= 11 is 0. The van der Waals surface area contributed by atoms with Gasteiger partial charge in [-0.25, -0.2) is 0 Å². The second-order valence-corrected chi connectivity index (χ2v) is 7.33. The number of hydrogen-bond acceptors (Lipinski definition) is 4. The van der Waals surface area contributed by atoms with Gasteiger partial charge >= 0.3 is 0 Å². The molecule has 3 saturated heterocycles. The lowest BCUT2D eigenvalue weighted by molar-refractivity contribution is -0.261. The number of hydrogen-bond donors (Lipinski definition) is 2. The quantitative estimate of drug-likeness (QED) is 0.704. The van der Waals surface area contributed by atoms with Gasteiger partial charge in [-0.05, 0) is 26.2 Å². The van der Waals surface area contributed by atoms with Crippen molar-refractivity contribution < 1.29 is 19.7 Å². The highest BCUT2D eigenvalue weighted by Gasteiger charge is 2.77. The molecule has 4 bridgehead atoms. The predicted molar refractivity (Wildman–Crippen MR) is 68.3 cm³/mol. The zero-order valence-corrected chi connectivity index (χ0v) is 11.6. The van der Waals surface area contributed by atoms with E-state index >= 15 is 0 Å². The van der Waals surface area contributed by atoms with E-state index in [2.05, 4.69) is 13.0 Å². The van der Waals surface area contributed by atoms with Crippen LogP contribution in [0.25, 0.3) is 0 Å². The molecule has 5 aliphatic rings. The normalized spacial score (nSPS) is 62.3. The summed E-state index contributed by atoms with van der Waals surface area (Å²) in [6.45, 7) is 4.13. The summed E-state index contributed by atoms with van der Waals surface area (Å²) in [7, 11) is 0. The van der Waals surface area contributed by atoms with Gasteiger partial charge in [0.1, 0.15) is 5.60 Å². The Labute approximate surface area is 113 Å². The summed E-state index contributed by atoms with van der Waals surface area (Å²) in [6, 6.07) is 0. The number of aliphatic hydroxyl groups is 2. The van der Waals surface area contributed by atoms with Crippen molar-refractivity contribution in [3.63, 3.8) is 0 Å². The third kappa shape index (κ3) is 1.20. The van der Waals surface area contributed by atoms with Crippen molar-refractivity contribution in [2.24, 2.45) is 10.8 Å². The van der Waals surface area contributed by atoms with Crippen LogP contribution in [0.15, 0.2) is 12.2 Å². The van der Waals surface area contributed by atoms with E-state index in [0.717, 1.165) is 19.3 Å². The first-order chi connectivity index (χ1) is 8.87. The van der Waals surface area contributed by atoms with Gasteiger partial charge in [0.25, 0.3) is 0 Å². The molecule has 0 aromatic rings. The van der Waals surface area contributed by atoms with Crippen molar-refractivity contribution in [2.45, 2.75) is 63.1 Å². The van der Waals surface area contributed by atoms with Crippen molar-refractivity contribution in [3.05, 3.63) is 12.2 Å². The first-order valence-electron chi connectivity index (χ1n) is 7.23. The van der Waals surface area contributed by atoms with E-state index in [1.54, 1.807) is 0 Å². The standard InChI is InChI=1S/C15H22O4/c1-12(17)3-5-14(6-4-12)11-18-10-7-13(14,2)15(8-10,9-16)19-11/h3,5,10-11,16-17H,4,6-9H2,1-2H3/t10-,11-,12+,13-,14-,15+/m1/s1. The molecule has 4 fully saturated rings. The largest absolute Gasteiger partial charge is 0.393 e. The maximum absolute atomic E-state index is 10.1. The lowest BCUT2D eigenvalue weighted by atomic mass is 9.55. The summed E-state index contributed by atoms with van der Waals surface area (Å²) in [4.78, 5) is 0. The molecule has 5 rings (SSSR count). The molecule has 2 aliphatic carbocycles. The van der Waals surface area contributed by atoms with Crippen LogP contribution in [0.4, 0.5) is 0 Å². The highest BCUT2D eigenvalue weighted by atomic mass is 16.7. The van der Waals surface area contributed by atoms with Gasteiger partial charge in [-0.15, -0.1) is 0 Å². The lowest BCUT2D eigenvalue weighted by Gasteiger charge is -2.50. The van der Waals surface area contributed by atoms with Crippen molar-refractivity contribution in [3.8, 4) is 0 Å². The highest BCUT2D eigenvalue weighted by molar-refractivity contribution is 5.30. The molecule has 106 valence electrons. The molecule has 1 spiro atoms. The van der Waals surface area contributed by atoms with Crippen molar-refractivity contribution >= 4 is 0 Å². The molecule has 1 saturated carbocycles. The average molecular weight is 266 g/mol. The van der Waals surface area contributed by atoms with E-state index in [1.165, 1.54) is 0 Å². The second kappa shape index (κ2) is 3.25. The Morgan fingerprint density at radius 2 is 2.00 bits per heavy atom. The SMILES string of the molecule is C[C@]12C[C@@H]3C[C@@]1(CO)O[C@@H](O3)[C@]21C=C[C@](C)(O)CC1. The Bertz CT molecular complexity index is 459. The van der Waals surface area contributed by atoms with Crippen LogP contribution < -0.4 is 0 Å². The molecule has 3 heterocycles. The molecule has 3 aliphatic heterocycles. The van der Waals surface area contributed by atoms with Crippen LogP contribution in [0.1, 0.15) is 39.5 Å². The minimum Gasteiger partial charge on any atom is -0.393 e. The monoisotopic (exact) mass is 266 g/mol. The first-order valence-corrected chi connectivity index (χ1v) is 7.23. The minimum absolute atomic E-state index is 0.0614. The fourth-order valence-electron chi connectivity index (χ4n) is 4.98. The van der Waals surface area contributed by atoms with Gasteiger partial charge in [0.2, 0.25) is 0 Å². The molecular weight excluding hydrogens is 244 g/mol. The molecule has 19 heavy (non-hydrogen) atoms. The molecule has 6 atom stereocenters. The molecule has 0 aromatic carbocycles. The molecule has 0 amide bonds. The predicted octanol–water partition coefficient (Wildman–Crippen LogP) is 1.36. The van der Waals surface area contributed by atoms with Gasteiger partial charge in [0, 0.05) is 17.3 Å². The van der Waals surface area contributed by atoms with E-state index in [9.17, 15) is 10.2 Å². The van der Waals surface area contributed by atoms with E-state index in [4.69, 9.17) is 9.47 Å². The van der Waals surface area contributed by atoms with Crippen molar-refractivity contribution in [1.29, 1.82) is 0 Å². The molecule has 4 heteroatoms. The summed E-state index contributed by atoms with van der Waals surface area (Å²) < 4.78 is 12.2. The molecule has 0 radical (unpaired) electrons. The number of aliphatic hydroxyl groups excluding tert-OH is 1. The van der Waals surface area contributed by atoms with Crippen LogP contribution in [0.3, 0.4) is 0 Å². The van der Waals surface area contributed by atoms with Gasteiger partial charge in [-0.2, -0.15) is 0 Å². The highest BCUT2D eigenvalue weighted by Crippen LogP contribution is 2.72. The third-order valence-corrected chi connectivity index (χ3v) is 6.34. The number of ether oxygens (including phenoxy) is 2. The summed E-state index contributed by atoms with van der Waals surface area (Å²) in [6.07, 6.45) is 7.27. The summed E-state index contributed by atoms with van der Waals surface area (Å²) in [5.74, 6) is 0. The summed E-state index contributed by atoms with van der Waals surface area (Å²) in [5.41, 5.74) is -1.46. The maximum Gasteiger partial charge on any atom is 0.168 e. The lowest BCUT2D eigenvalue weighted by Crippen LogP contribution is -2.52. The number of rotatable bonds is 1. The van der Waals surface area contributed by atoms with Gasteiger partial charge < -0.3 is 19.7 Å². The van der Waals surface area contributed by atoms with Gasteiger partial charge in [0.05, 0.1) is 18.3 Å². The van der Waals surface area contributed by atoms with E-state index in [-0.39, 0.29) is 29.8 Å². The first kappa shape index (κ1) is 12.3. The van der Waals surface area contributed by atoms with Crippen LogP contribution in [0, 0.1) is 10.8 Å². The Balaban J connectivity index is 1.83. The van der Waals surface area contributed by atoms with Gasteiger partial charge in [-0.3, -0.25) is 0 Å². The van der Waals surface area contributed by atoms with Crippen LogP contribution >= 0.6 is 0 Å². The fourth-order valence-corrected chi connectivity index (χ4v) is 4.98. The van der Waals surface area contributed by atoms with E-state index in [0.29, 0.717) is 6.42 Å². The minimum atomic E-state index is -0.728. The van der Waals surface area contributed by atoms with E-state index < -0.39 is 11.2 Å². The zero-order valence-electron chi connectivity index (χ0n) is 11.6. The van der Waals surface area contributed by atoms with Crippen molar-refractivity contribution in [1.82, 2.24) is 0 Å². The van der Waals surface area contributed by atoms with Crippen molar-refractivity contribution in [2.75, 3.05) is 6.61 Å². The molecule has 0 aromatic heterocycles. The Morgan fingerprint density at radius 3 is 2.63 bits per heavy atom. The summed E-state index contributed by atoms with van der Waals surface area (Å²) in [5, 5.41) is 20.0. The zero-order chi connectivity index (χ0) is 13.5. The Hall–Kier alpha value is -0.420. The molecule has 4 nitrogen and oxygen atoms in total. The average Bonchev–Trinajstić information content (AvgIpc) is 2.64. The molecule has 2 N–H and O–H groups in total. The van der Waals surface area contributed by atoms with Crippen LogP contribution in [0.5, 0.6) is 0 Å². The van der Waals surface area contributed by atoms with E-state index in [1.807, 2.05) is 13.0 Å². The fraction of sp³-hybridized carbons (Fsp3) is 0.867. The van der Waals surface area contributed by atoms with Crippen LogP contribution in [0.2, 0.25) is 0 Å². The topological polar surface area (TPSA) is 58.9 Å². The van der Waals surface area contributed by atoms with Crippen LogP contribution in [-0.2, 0) is 9.47 Å². The van der Waals surface area contributed by atoms with Gasteiger partial charge in [-0.1, -0.05) is 19.1 Å². The third-order valence-electron chi connectivity index (χ3n) is 6.34. The smallest absolute Gasteiger partial charge is 0.168 e. The van der Waals surface area contributed by atoms with Crippen LogP contribution in [-0.4, -0.2) is 40.4 Å². The van der Waals surface area contributed by atoms with Gasteiger partial charge in [0.15, 0.2) is 6.29 Å². The Kier molecular flexibility index (Phi) is 2.11. The molecule has 0 unspecified atom stereocenters. The molecular formula is C15H22O4.